The molecule has 1 fully saturated rings. The van der Waals surface area contributed by atoms with Gasteiger partial charge >= 0.3 is 0 Å². The molecule has 0 bridgehead atoms. The number of carbonyl (C=O) groups excluding carboxylic acids is 2. The van der Waals surface area contributed by atoms with Crippen molar-refractivity contribution in [1.29, 1.82) is 0 Å². The first-order chi connectivity index (χ1) is 10.2. The van der Waals surface area contributed by atoms with Gasteiger partial charge in [0.2, 0.25) is 5.91 Å². The van der Waals surface area contributed by atoms with Gasteiger partial charge in [0, 0.05) is 31.1 Å². The van der Waals surface area contributed by atoms with E-state index < -0.39 is 6.04 Å². The van der Waals surface area contributed by atoms with Crippen LogP contribution in [0.5, 0.6) is 0 Å². The molecule has 0 spiro atoms. The maximum Gasteiger partial charge on any atom is 0.264 e. The summed E-state index contributed by atoms with van der Waals surface area (Å²) in [5, 5.41) is 6.02. The topological polar surface area (TPSA) is 61.4 Å². The van der Waals surface area contributed by atoms with Crippen LogP contribution in [0, 0.1) is 0 Å². The van der Waals surface area contributed by atoms with Gasteiger partial charge in [-0.15, -0.1) is 11.3 Å². The zero-order valence-electron chi connectivity index (χ0n) is 12.3. The third-order valence-corrected chi connectivity index (χ3v) is 5.34. The molecule has 1 aliphatic carbocycles. The summed E-state index contributed by atoms with van der Waals surface area (Å²) in [6.07, 6.45) is 3.37. The molecular weight excluding hydrogens is 286 g/mol. The van der Waals surface area contributed by atoms with E-state index in [0.29, 0.717) is 19.6 Å². The molecule has 1 aliphatic heterocycles. The lowest BCUT2D eigenvalue weighted by Crippen LogP contribution is -2.59. The summed E-state index contributed by atoms with van der Waals surface area (Å²) in [5.74, 6) is -0.0608. The Balaban J connectivity index is 1.78. The summed E-state index contributed by atoms with van der Waals surface area (Å²) in [5.41, 5.74) is 1.33. The van der Waals surface area contributed by atoms with Crippen LogP contribution in [0.1, 0.15) is 33.5 Å². The number of fused-ring (bicyclic) bond motifs is 1. The van der Waals surface area contributed by atoms with Crippen molar-refractivity contribution in [2.75, 3.05) is 26.2 Å². The van der Waals surface area contributed by atoms with E-state index in [2.05, 4.69) is 10.6 Å². The summed E-state index contributed by atoms with van der Waals surface area (Å²) in [6, 6.07) is 1.63. The molecule has 2 N–H and O–H groups in total. The number of carbonyl (C=O) groups is 2. The van der Waals surface area contributed by atoms with E-state index in [9.17, 15) is 9.59 Å². The number of thiophene rings is 1. The Morgan fingerprint density at radius 3 is 3.10 bits per heavy atom. The van der Waals surface area contributed by atoms with E-state index in [1.54, 1.807) is 16.2 Å². The highest BCUT2D eigenvalue weighted by Crippen LogP contribution is 2.31. The number of nitrogens with zero attached hydrogens (tertiary/aromatic N) is 1. The first-order valence-corrected chi connectivity index (χ1v) is 8.43. The predicted octanol–water partition coefficient (Wildman–Crippen LogP) is 0.787. The van der Waals surface area contributed by atoms with Crippen LogP contribution in [-0.2, 0) is 17.6 Å². The van der Waals surface area contributed by atoms with Gasteiger partial charge in [0.1, 0.15) is 6.04 Å². The number of hydrogen-bond acceptors (Lipinski definition) is 4. The molecule has 2 amide bonds. The minimum absolute atomic E-state index is 0.00662. The molecule has 114 valence electrons. The number of nitrogens with one attached hydrogen (secondary N) is 2. The lowest BCUT2D eigenvalue weighted by molar-refractivity contribution is -0.126. The average molecular weight is 307 g/mol. The zero-order chi connectivity index (χ0) is 14.8. The van der Waals surface area contributed by atoms with Crippen molar-refractivity contribution in [2.45, 2.75) is 32.2 Å². The Labute approximate surface area is 128 Å². The molecule has 5 nitrogen and oxygen atoms in total. The molecule has 1 unspecified atom stereocenters. The third kappa shape index (κ3) is 2.82. The molecule has 1 aromatic heterocycles. The fourth-order valence-electron chi connectivity index (χ4n) is 3.05. The van der Waals surface area contributed by atoms with Crippen LogP contribution < -0.4 is 10.6 Å². The van der Waals surface area contributed by atoms with Crippen LogP contribution in [-0.4, -0.2) is 48.9 Å². The van der Waals surface area contributed by atoms with Gasteiger partial charge in [-0.1, -0.05) is 0 Å². The predicted molar refractivity (Wildman–Crippen MR) is 82.7 cm³/mol. The van der Waals surface area contributed by atoms with Crippen molar-refractivity contribution in [3.05, 3.63) is 21.4 Å². The van der Waals surface area contributed by atoms with Gasteiger partial charge in [0.25, 0.3) is 5.91 Å². The maximum absolute atomic E-state index is 12.8. The minimum Gasteiger partial charge on any atom is -0.355 e. The van der Waals surface area contributed by atoms with Crippen molar-refractivity contribution in [2.24, 2.45) is 0 Å². The molecule has 2 heterocycles. The molecule has 21 heavy (non-hydrogen) atoms. The lowest BCUT2D eigenvalue weighted by Gasteiger charge is -2.34. The molecule has 1 aromatic rings. The number of piperazine rings is 1. The fraction of sp³-hybridized carbons (Fsp3) is 0.600. The lowest BCUT2D eigenvalue weighted by atomic mass is 10.1. The number of rotatable bonds is 3. The molecule has 3 rings (SSSR count). The van der Waals surface area contributed by atoms with E-state index in [-0.39, 0.29) is 11.8 Å². The SMILES string of the molecule is CCNC(=O)C1CNCCN1C(=O)c1cc2c(s1)CCC2. The van der Waals surface area contributed by atoms with Crippen molar-refractivity contribution in [3.8, 4) is 0 Å². The quantitative estimate of drug-likeness (QED) is 0.868. The number of amides is 2. The minimum atomic E-state index is -0.400. The maximum atomic E-state index is 12.8. The molecule has 0 saturated carbocycles. The average Bonchev–Trinajstić information content (AvgIpc) is 3.08. The zero-order valence-corrected chi connectivity index (χ0v) is 13.1. The van der Waals surface area contributed by atoms with Crippen LogP contribution in [0.4, 0.5) is 0 Å². The highest BCUT2D eigenvalue weighted by Gasteiger charge is 2.33. The fourth-order valence-corrected chi connectivity index (χ4v) is 4.26. The van der Waals surface area contributed by atoms with Crippen molar-refractivity contribution in [3.63, 3.8) is 0 Å². The Kier molecular flexibility index (Phi) is 4.26. The first kappa shape index (κ1) is 14.5. The monoisotopic (exact) mass is 307 g/mol. The summed E-state index contributed by atoms with van der Waals surface area (Å²) in [6.45, 7) is 4.34. The molecule has 1 saturated heterocycles. The van der Waals surface area contributed by atoms with Gasteiger partial charge in [0.15, 0.2) is 0 Å². The molecule has 2 aliphatic rings. The van der Waals surface area contributed by atoms with E-state index in [4.69, 9.17) is 0 Å². The molecule has 6 heteroatoms. The second kappa shape index (κ2) is 6.15. The molecule has 0 radical (unpaired) electrons. The van der Waals surface area contributed by atoms with Gasteiger partial charge in [0.05, 0.1) is 4.88 Å². The number of likely N-dealkylation sites (N-methyl/N-ethyl adjacent to an activating group) is 1. The molecular formula is C15H21N3O2S. The van der Waals surface area contributed by atoms with Crippen molar-refractivity contribution in [1.82, 2.24) is 15.5 Å². The highest BCUT2D eigenvalue weighted by molar-refractivity contribution is 7.14. The van der Waals surface area contributed by atoms with Crippen molar-refractivity contribution >= 4 is 23.2 Å². The van der Waals surface area contributed by atoms with Crippen LogP contribution in [0.3, 0.4) is 0 Å². The third-order valence-electron chi connectivity index (χ3n) is 4.12. The molecule has 1 atom stereocenters. The standard InChI is InChI=1S/C15H21N3O2S/c1-2-17-14(19)11-9-16-6-7-18(11)15(20)13-8-10-4-3-5-12(10)21-13/h8,11,16H,2-7,9H2,1H3,(H,17,19). The van der Waals surface area contributed by atoms with Crippen LogP contribution >= 0.6 is 11.3 Å². The van der Waals surface area contributed by atoms with Crippen LogP contribution in [0.2, 0.25) is 0 Å². The summed E-state index contributed by atoms with van der Waals surface area (Å²) in [7, 11) is 0. The van der Waals surface area contributed by atoms with Crippen LogP contribution in [0.15, 0.2) is 6.07 Å². The number of aryl methyl sites for hydroxylation is 2. The Hall–Kier alpha value is -1.40. The summed E-state index contributed by atoms with van der Waals surface area (Å²) < 4.78 is 0. The van der Waals surface area contributed by atoms with Gasteiger partial charge in [-0.3, -0.25) is 9.59 Å². The first-order valence-electron chi connectivity index (χ1n) is 7.61. The van der Waals surface area contributed by atoms with Crippen molar-refractivity contribution < 1.29 is 9.59 Å². The Bertz CT molecular complexity index is 534. The largest absolute Gasteiger partial charge is 0.355 e. The highest BCUT2D eigenvalue weighted by atomic mass is 32.1. The Morgan fingerprint density at radius 1 is 1.48 bits per heavy atom. The van der Waals surface area contributed by atoms with E-state index in [1.165, 1.54) is 16.9 Å². The summed E-state index contributed by atoms with van der Waals surface area (Å²) >= 11 is 1.61. The van der Waals surface area contributed by atoms with E-state index in [1.807, 2.05) is 13.0 Å². The van der Waals surface area contributed by atoms with Gasteiger partial charge in [-0.05, 0) is 37.8 Å². The molecule has 0 aromatic carbocycles. The normalized spacial score (nSPS) is 21.2. The van der Waals surface area contributed by atoms with Crippen LogP contribution in [0.25, 0.3) is 0 Å². The van der Waals surface area contributed by atoms with Gasteiger partial charge in [-0.2, -0.15) is 0 Å². The second-order valence-electron chi connectivity index (χ2n) is 5.53. The van der Waals surface area contributed by atoms with E-state index in [0.717, 1.165) is 24.3 Å². The van der Waals surface area contributed by atoms with Gasteiger partial charge < -0.3 is 15.5 Å². The van der Waals surface area contributed by atoms with Gasteiger partial charge in [-0.25, -0.2) is 0 Å². The Morgan fingerprint density at radius 2 is 2.33 bits per heavy atom. The smallest absolute Gasteiger partial charge is 0.264 e. The summed E-state index contributed by atoms with van der Waals surface area (Å²) in [4.78, 5) is 28.8. The van der Waals surface area contributed by atoms with E-state index >= 15 is 0 Å². The second-order valence-corrected chi connectivity index (χ2v) is 6.66. The number of hydrogen-bond donors (Lipinski definition) is 2.